The third kappa shape index (κ3) is 6.66. The molecule has 1 fully saturated rings. The SMILES string of the molecule is CCNC(=NCCCc1cn[nH]c1C)N(C)CC1CCOC1.I. The molecule has 1 unspecified atom stereocenters. The van der Waals surface area contributed by atoms with Crippen molar-refractivity contribution in [3.8, 4) is 0 Å². The quantitative estimate of drug-likeness (QED) is 0.298. The number of aliphatic imine (C=N–C) groups is 1. The lowest BCUT2D eigenvalue weighted by atomic mass is 10.1. The van der Waals surface area contributed by atoms with E-state index >= 15 is 0 Å². The number of aromatic nitrogens is 2. The number of rotatable bonds is 7. The fourth-order valence-electron chi connectivity index (χ4n) is 2.75. The molecule has 0 radical (unpaired) electrons. The number of aromatic amines is 1. The molecule has 132 valence electrons. The van der Waals surface area contributed by atoms with Crippen LogP contribution in [0.5, 0.6) is 0 Å². The summed E-state index contributed by atoms with van der Waals surface area (Å²) in [6, 6.07) is 0. The maximum atomic E-state index is 5.45. The van der Waals surface area contributed by atoms with E-state index < -0.39 is 0 Å². The number of nitrogens with one attached hydrogen (secondary N) is 2. The second-order valence-corrected chi connectivity index (χ2v) is 5.97. The molecule has 23 heavy (non-hydrogen) atoms. The molecule has 1 aromatic rings. The average molecular weight is 435 g/mol. The Labute approximate surface area is 156 Å². The average Bonchev–Trinajstić information content (AvgIpc) is 3.14. The van der Waals surface area contributed by atoms with Gasteiger partial charge in [0.15, 0.2) is 5.96 Å². The van der Waals surface area contributed by atoms with Gasteiger partial charge < -0.3 is 15.0 Å². The minimum Gasteiger partial charge on any atom is -0.381 e. The van der Waals surface area contributed by atoms with Crippen molar-refractivity contribution < 1.29 is 4.74 Å². The van der Waals surface area contributed by atoms with Crippen molar-refractivity contribution in [2.75, 3.05) is 39.9 Å². The van der Waals surface area contributed by atoms with E-state index in [4.69, 9.17) is 9.73 Å². The van der Waals surface area contributed by atoms with E-state index in [2.05, 4.69) is 41.3 Å². The van der Waals surface area contributed by atoms with Crippen LogP contribution in [-0.2, 0) is 11.2 Å². The normalized spacial score (nSPS) is 17.9. The van der Waals surface area contributed by atoms with Crippen molar-refractivity contribution >= 4 is 29.9 Å². The smallest absolute Gasteiger partial charge is 0.193 e. The van der Waals surface area contributed by atoms with E-state index in [0.29, 0.717) is 5.92 Å². The lowest BCUT2D eigenvalue weighted by Gasteiger charge is -2.24. The Morgan fingerprint density at radius 3 is 3.00 bits per heavy atom. The first-order chi connectivity index (χ1) is 10.7. The number of guanidine groups is 1. The zero-order chi connectivity index (χ0) is 15.8. The van der Waals surface area contributed by atoms with Crippen molar-refractivity contribution in [3.05, 3.63) is 17.5 Å². The molecule has 1 aliphatic heterocycles. The first-order valence-corrected chi connectivity index (χ1v) is 8.26. The lowest BCUT2D eigenvalue weighted by molar-refractivity contribution is 0.181. The summed E-state index contributed by atoms with van der Waals surface area (Å²) in [4.78, 5) is 6.97. The van der Waals surface area contributed by atoms with Crippen molar-refractivity contribution in [2.24, 2.45) is 10.9 Å². The lowest BCUT2D eigenvalue weighted by Crippen LogP contribution is -2.41. The van der Waals surface area contributed by atoms with E-state index in [0.717, 1.165) is 63.8 Å². The standard InChI is InChI=1S/C16H29N5O.HI/c1-4-17-16(21(3)11-14-7-9-22-12-14)18-8-5-6-15-10-19-20-13(15)2;/h10,14H,4-9,11-12H2,1-3H3,(H,17,18)(H,19,20);1H. The molecule has 0 spiro atoms. The molecule has 1 aromatic heterocycles. The number of hydrogen-bond donors (Lipinski definition) is 2. The molecule has 0 amide bonds. The van der Waals surface area contributed by atoms with Gasteiger partial charge in [0.2, 0.25) is 0 Å². The number of nitrogens with zero attached hydrogens (tertiary/aromatic N) is 3. The Kier molecular flexibility index (Phi) is 9.54. The zero-order valence-electron chi connectivity index (χ0n) is 14.5. The van der Waals surface area contributed by atoms with Crippen LogP contribution in [0.4, 0.5) is 0 Å². The third-order valence-corrected chi connectivity index (χ3v) is 4.05. The molecular weight excluding hydrogens is 405 g/mol. The molecule has 0 saturated carbocycles. The van der Waals surface area contributed by atoms with Crippen molar-refractivity contribution in [3.63, 3.8) is 0 Å². The van der Waals surface area contributed by atoms with Crippen LogP contribution in [0.3, 0.4) is 0 Å². The first kappa shape index (κ1) is 20.2. The van der Waals surface area contributed by atoms with Gasteiger partial charge in [-0.15, -0.1) is 24.0 Å². The number of hydrogen-bond acceptors (Lipinski definition) is 3. The second kappa shape index (κ2) is 10.9. The van der Waals surface area contributed by atoms with Gasteiger partial charge in [0.05, 0.1) is 12.8 Å². The van der Waals surface area contributed by atoms with E-state index in [1.54, 1.807) is 0 Å². The highest BCUT2D eigenvalue weighted by atomic mass is 127. The Morgan fingerprint density at radius 1 is 1.57 bits per heavy atom. The summed E-state index contributed by atoms with van der Waals surface area (Å²) in [6.07, 6.45) is 5.13. The van der Waals surface area contributed by atoms with E-state index in [-0.39, 0.29) is 24.0 Å². The molecule has 0 bridgehead atoms. The van der Waals surface area contributed by atoms with Gasteiger partial charge in [0, 0.05) is 44.9 Å². The van der Waals surface area contributed by atoms with Gasteiger partial charge in [-0.1, -0.05) is 0 Å². The van der Waals surface area contributed by atoms with Gasteiger partial charge in [0.1, 0.15) is 0 Å². The molecule has 1 saturated heterocycles. The van der Waals surface area contributed by atoms with Gasteiger partial charge in [-0.2, -0.15) is 5.10 Å². The summed E-state index contributed by atoms with van der Waals surface area (Å²) >= 11 is 0. The summed E-state index contributed by atoms with van der Waals surface area (Å²) in [7, 11) is 2.11. The minimum absolute atomic E-state index is 0. The largest absolute Gasteiger partial charge is 0.381 e. The first-order valence-electron chi connectivity index (χ1n) is 8.26. The van der Waals surface area contributed by atoms with Gasteiger partial charge in [0.25, 0.3) is 0 Å². The topological polar surface area (TPSA) is 65.5 Å². The van der Waals surface area contributed by atoms with Crippen molar-refractivity contribution in [1.29, 1.82) is 0 Å². The molecule has 0 aliphatic carbocycles. The Balaban J connectivity index is 0.00000264. The van der Waals surface area contributed by atoms with Crippen LogP contribution in [-0.4, -0.2) is 61.0 Å². The van der Waals surface area contributed by atoms with Crippen LogP contribution in [0.1, 0.15) is 31.0 Å². The third-order valence-electron chi connectivity index (χ3n) is 4.05. The van der Waals surface area contributed by atoms with E-state index in [1.807, 2.05) is 6.20 Å². The molecule has 2 N–H and O–H groups in total. The Bertz CT molecular complexity index is 471. The fraction of sp³-hybridized carbons (Fsp3) is 0.750. The van der Waals surface area contributed by atoms with Gasteiger partial charge >= 0.3 is 0 Å². The summed E-state index contributed by atoms with van der Waals surface area (Å²) in [5.74, 6) is 1.63. The maximum absolute atomic E-state index is 5.45. The highest BCUT2D eigenvalue weighted by Crippen LogP contribution is 2.13. The number of H-pyrrole nitrogens is 1. The molecule has 6 nitrogen and oxygen atoms in total. The van der Waals surface area contributed by atoms with Crippen molar-refractivity contribution in [1.82, 2.24) is 20.4 Å². The van der Waals surface area contributed by atoms with Crippen LogP contribution in [0, 0.1) is 12.8 Å². The van der Waals surface area contributed by atoms with Crippen LogP contribution in [0.15, 0.2) is 11.2 Å². The summed E-state index contributed by atoms with van der Waals surface area (Å²) in [5, 5.41) is 10.4. The molecule has 1 atom stereocenters. The van der Waals surface area contributed by atoms with Gasteiger partial charge in [-0.3, -0.25) is 10.1 Å². The predicted molar refractivity (Wildman–Crippen MR) is 105 cm³/mol. The minimum atomic E-state index is 0. The monoisotopic (exact) mass is 435 g/mol. The van der Waals surface area contributed by atoms with Gasteiger partial charge in [-0.25, -0.2) is 0 Å². The van der Waals surface area contributed by atoms with Crippen LogP contribution in [0.25, 0.3) is 0 Å². The molecule has 2 rings (SSSR count). The highest BCUT2D eigenvalue weighted by molar-refractivity contribution is 14.0. The summed E-state index contributed by atoms with van der Waals surface area (Å²) in [6.45, 7) is 8.68. The predicted octanol–water partition coefficient (Wildman–Crippen LogP) is 2.20. The Morgan fingerprint density at radius 2 is 2.39 bits per heavy atom. The second-order valence-electron chi connectivity index (χ2n) is 5.97. The van der Waals surface area contributed by atoms with Crippen LogP contribution < -0.4 is 5.32 Å². The zero-order valence-corrected chi connectivity index (χ0v) is 16.8. The summed E-state index contributed by atoms with van der Waals surface area (Å²) in [5.41, 5.74) is 2.45. The van der Waals surface area contributed by atoms with Crippen LogP contribution in [0.2, 0.25) is 0 Å². The molecular formula is C16H30IN5O. The maximum Gasteiger partial charge on any atom is 0.193 e. The van der Waals surface area contributed by atoms with Crippen molar-refractivity contribution in [2.45, 2.75) is 33.1 Å². The molecule has 0 aromatic carbocycles. The fourth-order valence-corrected chi connectivity index (χ4v) is 2.75. The summed E-state index contributed by atoms with van der Waals surface area (Å²) < 4.78 is 5.45. The number of halogens is 1. The molecule has 2 heterocycles. The van der Waals surface area contributed by atoms with E-state index in [9.17, 15) is 0 Å². The van der Waals surface area contributed by atoms with E-state index in [1.165, 1.54) is 5.56 Å². The molecule has 1 aliphatic rings. The molecule has 7 heteroatoms. The number of ether oxygens (including phenoxy) is 1. The highest BCUT2D eigenvalue weighted by Gasteiger charge is 2.18. The number of aryl methyl sites for hydroxylation is 2. The Hall–Kier alpha value is -0.830. The van der Waals surface area contributed by atoms with Gasteiger partial charge in [-0.05, 0) is 38.7 Å². The van der Waals surface area contributed by atoms with Crippen LogP contribution >= 0.6 is 24.0 Å².